The lowest BCUT2D eigenvalue weighted by Crippen LogP contribution is -2.19. The van der Waals surface area contributed by atoms with E-state index in [0.29, 0.717) is 28.0 Å². The molecule has 2 atom stereocenters. The maximum Gasteiger partial charge on any atom is 0.391 e. The van der Waals surface area contributed by atoms with Crippen LogP contribution in [-0.2, 0) is 6.54 Å². The van der Waals surface area contributed by atoms with Crippen molar-refractivity contribution >= 4 is 5.52 Å². The van der Waals surface area contributed by atoms with Gasteiger partial charge in [0.25, 0.3) is 0 Å². The molecule has 0 spiro atoms. The molecule has 4 heterocycles. The highest BCUT2D eigenvalue weighted by atomic mass is 19.4. The van der Waals surface area contributed by atoms with E-state index in [1.807, 2.05) is 0 Å². The van der Waals surface area contributed by atoms with Crippen LogP contribution in [0.2, 0.25) is 0 Å². The predicted octanol–water partition coefficient (Wildman–Crippen LogP) is 2.32. The number of nitrogens with zero attached hydrogens (tertiary/aromatic N) is 7. The molecule has 0 aliphatic heterocycles. The lowest BCUT2D eigenvalue weighted by atomic mass is 10.2. The Morgan fingerprint density at radius 3 is 2.58 bits per heavy atom. The highest BCUT2D eigenvalue weighted by Gasteiger charge is 2.31. The Kier molecular flexibility index (Phi) is 5.50. The quantitative estimate of drug-likeness (QED) is 0.462. The zero-order valence-corrected chi connectivity index (χ0v) is 16.5. The van der Waals surface area contributed by atoms with Crippen molar-refractivity contribution in [1.82, 2.24) is 34.2 Å². The van der Waals surface area contributed by atoms with Crippen LogP contribution >= 0.6 is 0 Å². The molecule has 2 N–H and O–H groups in total. The lowest BCUT2D eigenvalue weighted by molar-refractivity contribution is -0.142. The Hall–Kier alpha value is -3.25. The third kappa shape index (κ3) is 4.59. The number of hydrogen-bond donors (Lipinski definition) is 2. The maximum absolute atomic E-state index is 12.7. The van der Waals surface area contributed by atoms with Crippen molar-refractivity contribution in [2.24, 2.45) is 0 Å². The molecule has 4 aromatic rings. The number of hydrogen-bond acceptors (Lipinski definition) is 6. The van der Waals surface area contributed by atoms with Gasteiger partial charge in [-0.1, -0.05) is 0 Å². The number of fused-ring (bicyclic) bond motifs is 1. The average molecular weight is 435 g/mol. The first-order chi connectivity index (χ1) is 14.7. The van der Waals surface area contributed by atoms with Crippen molar-refractivity contribution in [3.63, 3.8) is 0 Å². The first-order valence-corrected chi connectivity index (χ1v) is 9.51. The molecule has 0 amide bonds. The van der Waals surface area contributed by atoms with Crippen molar-refractivity contribution < 1.29 is 23.4 Å². The zero-order chi connectivity index (χ0) is 22.2. The third-order valence-corrected chi connectivity index (χ3v) is 4.78. The largest absolute Gasteiger partial charge is 0.394 e. The van der Waals surface area contributed by atoms with E-state index in [1.54, 1.807) is 35.4 Å². The normalized spacial score (nSPS) is 14.3. The number of rotatable bonds is 7. The van der Waals surface area contributed by atoms with Crippen LogP contribution in [0.4, 0.5) is 13.2 Å². The number of aliphatic hydroxyl groups excluding tert-OH is 2. The van der Waals surface area contributed by atoms with E-state index in [9.17, 15) is 18.3 Å². The van der Waals surface area contributed by atoms with Crippen LogP contribution < -0.4 is 0 Å². The SMILES string of the molecule is CC(CC(F)(F)F)n1cc(-c2nc(-c3cnn(C[C@@H](O)CO)c3)cn3nccc23)cn1. The van der Waals surface area contributed by atoms with E-state index in [2.05, 4.69) is 20.3 Å². The van der Waals surface area contributed by atoms with Gasteiger partial charge in [-0.25, -0.2) is 9.50 Å². The Bertz CT molecular complexity index is 1180. The number of aliphatic hydroxyl groups is 2. The molecule has 9 nitrogen and oxygen atoms in total. The van der Waals surface area contributed by atoms with Crippen molar-refractivity contribution in [2.75, 3.05) is 6.61 Å². The highest BCUT2D eigenvalue weighted by Crippen LogP contribution is 2.30. The molecule has 0 saturated carbocycles. The fourth-order valence-corrected chi connectivity index (χ4v) is 3.28. The van der Waals surface area contributed by atoms with Crippen LogP contribution in [0.25, 0.3) is 28.0 Å². The minimum Gasteiger partial charge on any atom is -0.394 e. The van der Waals surface area contributed by atoms with Crippen LogP contribution in [0, 0.1) is 0 Å². The summed E-state index contributed by atoms with van der Waals surface area (Å²) in [5.41, 5.74) is 2.94. The molecule has 0 fully saturated rings. The second-order valence-electron chi connectivity index (χ2n) is 7.30. The second-order valence-corrected chi connectivity index (χ2v) is 7.30. The Morgan fingerprint density at radius 1 is 1.06 bits per heavy atom. The first-order valence-electron chi connectivity index (χ1n) is 9.51. The third-order valence-electron chi connectivity index (χ3n) is 4.78. The molecule has 0 aliphatic rings. The molecule has 4 rings (SSSR count). The van der Waals surface area contributed by atoms with Gasteiger partial charge < -0.3 is 10.2 Å². The van der Waals surface area contributed by atoms with E-state index in [0.717, 1.165) is 0 Å². The molecule has 0 saturated heterocycles. The molecule has 0 aliphatic carbocycles. The molecule has 0 bridgehead atoms. The molecule has 12 heteroatoms. The van der Waals surface area contributed by atoms with Crippen molar-refractivity contribution in [1.29, 1.82) is 0 Å². The van der Waals surface area contributed by atoms with E-state index >= 15 is 0 Å². The molecule has 0 aromatic carbocycles. The molecule has 164 valence electrons. The summed E-state index contributed by atoms with van der Waals surface area (Å²) >= 11 is 0. The topological polar surface area (TPSA) is 106 Å². The summed E-state index contributed by atoms with van der Waals surface area (Å²) < 4.78 is 42.6. The molecule has 0 radical (unpaired) electrons. The van der Waals surface area contributed by atoms with E-state index in [-0.39, 0.29) is 13.2 Å². The second kappa shape index (κ2) is 8.12. The van der Waals surface area contributed by atoms with Gasteiger partial charge in [-0.3, -0.25) is 9.36 Å². The van der Waals surface area contributed by atoms with Crippen LogP contribution in [0.1, 0.15) is 19.4 Å². The minimum absolute atomic E-state index is 0.122. The van der Waals surface area contributed by atoms with Crippen LogP contribution in [-0.4, -0.2) is 63.3 Å². The van der Waals surface area contributed by atoms with Gasteiger partial charge in [0.05, 0.1) is 73.4 Å². The Labute approximate surface area is 174 Å². The van der Waals surface area contributed by atoms with Gasteiger partial charge in [0.2, 0.25) is 0 Å². The summed E-state index contributed by atoms with van der Waals surface area (Å²) in [7, 11) is 0. The average Bonchev–Trinajstić information content (AvgIpc) is 3.45. The van der Waals surface area contributed by atoms with Gasteiger partial charge in [-0.15, -0.1) is 0 Å². The van der Waals surface area contributed by atoms with Gasteiger partial charge in [0.1, 0.15) is 0 Å². The van der Waals surface area contributed by atoms with Gasteiger partial charge >= 0.3 is 6.18 Å². The fraction of sp³-hybridized carbons (Fsp3) is 0.368. The lowest BCUT2D eigenvalue weighted by Gasteiger charge is -2.14. The maximum atomic E-state index is 12.7. The number of halogens is 3. The van der Waals surface area contributed by atoms with Crippen molar-refractivity contribution in [3.8, 4) is 22.5 Å². The fourth-order valence-electron chi connectivity index (χ4n) is 3.28. The molecular formula is C19H20F3N7O2. The zero-order valence-electron chi connectivity index (χ0n) is 16.5. The first kappa shape index (κ1) is 21.0. The molecule has 1 unspecified atom stereocenters. The van der Waals surface area contributed by atoms with Gasteiger partial charge in [0.15, 0.2) is 0 Å². The smallest absolute Gasteiger partial charge is 0.391 e. The summed E-state index contributed by atoms with van der Waals surface area (Å²) in [6, 6.07) is 0.901. The number of alkyl halides is 3. The molecular weight excluding hydrogens is 415 g/mol. The standard InChI is InChI=1S/C19H20F3N7O2/c1-12(4-19(20,21)22)28-8-14(6-25-28)18-17-2-3-23-29(17)10-16(26-18)13-5-24-27(7-13)9-15(31)11-30/h2-3,5-8,10,12,15,30-31H,4,9,11H2,1H3/t12?,15-/m1/s1. The molecule has 4 aromatic heterocycles. The van der Waals surface area contributed by atoms with Crippen molar-refractivity contribution in [3.05, 3.63) is 43.2 Å². The van der Waals surface area contributed by atoms with Crippen molar-refractivity contribution in [2.45, 2.75) is 38.2 Å². The molecule has 31 heavy (non-hydrogen) atoms. The summed E-state index contributed by atoms with van der Waals surface area (Å²) in [6.45, 7) is 1.20. The monoisotopic (exact) mass is 435 g/mol. The highest BCUT2D eigenvalue weighted by molar-refractivity contribution is 5.78. The number of aromatic nitrogens is 7. The van der Waals surface area contributed by atoms with Crippen LogP contribution in [0.5, 0.6) is 0 Å². The summed E-state index contributed by atoms with van der Waals surface area (Å²) in [4.78, 5) is 4.67. The minimum atomic E-state index is -4.29. The Morgan fingerprint density at radius 2 is 1.84 bits per heavy atom. The van der Waals surface area contributed by atoms with E-state index in [1.165, 1.54) is 28.7 Å². The van der Waals surface area contributed by atoms with E-state index < -0.39 is 24.7 Å². The van der Waals surface area contributed by atoms with E-state index in [4.69, 9.17) is 5.11 Å². The summed E-state index contributed by atoms with van der Waals surface area (Å²) in [5, 5.41) is 31.1. The van der Waals surface area contributed by atoms with Gasteiger partial charge in [-0.2, -0.15) is 28.5 Å². The van der Waals surface area contributed by atoms with Gasteiger partial charge in [-0.05, 0) is 13.0 Å². The summed E-state index contributed by atoms with van der Waals surface area (Å²) in [5.74, 6) is 0. The van der Waals surface area contributed by atoms with Gasteiger partial charge in [0, 0.05) is 23.5 Å². The predicted molar refractivity (Wildman–Crippen MR) is 104 cm³/mol. The summed E-state index contributed by atoms with van der Waals surface area (Å²) in [6.07, 6.45) is 3.37. The Balaban J connectivity index is 1.69. The van der Waals surface area contributed by atoms with Crippen LogP contribution in [0.15, 0.2) is 43.2 Å². The van der Waals surface area contributed by atoms with Crippen LogP contribution in [0.3, 0.4) is 0 Å².